The summed E-state index contributed by atoms with van der Waals surface area (Å²) >= 11 is 2.28. The maximum absolute atomic E-state index is 13.2. The van der Waals surface area contributed by atoms with Crippen molar-refractivity contribution in [1.82, 2.24) is 9.78 Å². The number of nitrogens with zero attached hydrogens (tertiary/aromatic N) is 3. The molecule has 0 atom stereocenters. The number of nitrogens with one attached hydrogen (secondary N) is 1. The van der Waals surface area contributed by atoms with Crippen LogP contribution in [0.2, 0.25) is 0 Å². The number of hydrogen-bond acceptors (Lipinski definition) is 3. The molecule has 5 nitrogen and oxygen atoms in total. The Balaban J connectivity index is 1.33. The summed E-state index contributed by atoms with van der Waals surface area (Å²) in [7, 11) is 0. The number of alkyl halides is 2. The van der Waals surface area contributed by atoms with Gasteiger partial charge in [0.15, 0.2) is 5.82 Å². The van der Waals surface area contributed by atoms with E-state index in [9.17, 15) is 13.6 Å². The Bertz CT molecular complexity index is 983. The lowest BCUT2D eigenvalue weighted by Crippen LogP contribution is -2.37. The average molecular weight is 526 g/mol. The fourth-order valence-electron chi connectivity index (χ4n) is 4.76. The van der Waals surface area contributed by atoms with E-state index in [0.717, 1.165) is 28.0 Å². The predicted octanol–water partition coefficient (Wildman–Crippen LogP) is 5.40. The van der Waals surface area contributed by atoms with Gasteiger partial charge in [-0.2, -0.15) is 5.10 Å². The summed E-state index contributed by atoms with van der Waals surface area (Å²) in [5.41, 5.74) is 2.94. The molecule has 160 valence electrons. The highest BCUT2D eigenvalue weighted by Gasteiger charge is 2.47. The van der Waals surface area contributed by atoms with Gasteiger partial charge < -0.3 is 10.2 Å². The van der Waals surface area contributed by atoms with E-state index in [2.05, 4.69) is 44.0 Å². The first-order valence-corrected chi connectivity index (χ1v) is 11.6. The van der Waals surface area contributed by atoms with Crippen LogP contribution in [0.5, 0.6) is 0 Å². The zero-order chi connectivity index (χ0) is 21.1. The molecule has 5 rings (SSSR count). The number of halogens is 3. The first-order chi connectivity index (χ1) is 14.2. The summed E-state index contributed by atoms with van der Waals surface area (Å²) < 4.78 is 29.2. The molecule has 2 aliphatic carbocycles. The number of carbonyl (C=O) groups excluding carboxylic acids is 1. The third-order valence-electron chi connectivity index (χ3n) is 6.90. The van der Waals surface area contributed by atoms with E-state index >= 15 is 0 Å². The fraction of sp³-hybridized carbons (Fsp3) is 0.545. The predicted molar refractivity (Wildman–Crippen MR) is 120 cm³/mol. The highest BCUT2D eigenvalue weighted by molar-refractivity contribution is 14.1. The second-order valence-corrected chi connectivity index (χ2v) is 10.4. The van der Waals surface area contributed by atoms with Crippen LogP contribution < -0.4 is 10.2 Å². The highest BCUT2D eigenvalue weighted by Crippen LogP contribution is 2.54. The number of benzene rings is 1. The van der Waals surface area contributed by atoms with Crippen LogP contribution in [0.3, 0.4) is 0 Å². The minimum absolute atomic E-state index is 0.194. The lowest BCUT2D eigenvalue weighted by atomic mass is 9.88. The lowest BCUT2D eigenvalue weighted by molar-refractivity contribution is -0.107. The Morgan fingerprint density at radius 2 is 1.87 bits per heavy atom. The minimum atomic E-state index is -2.60. The van der Waals surface area contributed by atoms with E-state index < -0.39 is 5.92 Å². The summed E-state index contributed by atoms with van der Waals surface area (Å²) in [5.74, 6) is -2.40. The number of amides is 1. The summed E-state index contributed by atoms with van der Waals surface area (Å²) in [5, 5.41) is 7.27. The van der Waals surface area contributed by atoms with Crippen molar-refractivity contribution in [2.45, 2.75) is 57.4 Å². The van der Waals surface area contributed by atoms with Gasteiger partial charge in [-0.3, -0.25) is 9.48 Å². The minimum Gasteiger partial charge on any atom is -0.371 e. The molecule has 3 aliphatic rings. The largest absolute Gasteiger partial charge is 0.371 e. The van der Waals surface area contributed by atoms with Crippen molar-refractivity contribution in [3.63, 3.8) is 0 Å². The van der Waals surface area contributed by atoms with Crippen molar-refractivity contribution in [3.8, 4) is 0 Å². The molecule has 3 fully saturated rings. The van der Waals surface area contributed by atoms with Crippen molar-refractivity contribution in [2.75, 3.05) is 23.3 Å². The molecule has 1 saturated heterocycles. The average Bonchev–Trinajstić information content (AvgIpc) is 3.33. The molecule has 1 aliphatic heterocycles. The summed E-state index contributed by atoms with van der Waals surface area (Å²) in [4.78, 5) is 15.4. The molecule has 1 aromatic heterocycles. The van der Waals surface area contributed by atoms with Crippen LogP contribution in [-0.2, 0) is 0 Å². The third-order valence-corrected chi connectivity index (χ3v) is 7.58. The van der Waals surface area contributed by atoms with Crippen LogP contribution in [-0.4, -0.2) is 34.7 Å². The number of piperidine rings is 1. The molecular weight excluding hydrogens is 501 g/mol. The Kier molecular flexibility index (Phi) is 4.83. The van der Waals surface area contributed by atoms with Gasteiger partial charge in [0.05, 0.1) is 17.3 Å². The lowest BCUT2D eigenvalue weighted by Gasteiger charge is -2.35. The smallest absolute Gasteiger partial charge is 0.258 e. The first-order valence-electron chi connectivity index (χ1n) is 10.5. The third kappa shape index (κ3) is 3.83. The first kappa shape index (κ1) is 20.2. The second kappa shape index (κ2) is 7.17. The van der Waals surface area contributed by atoms with Crippen molar-refractivity contribution < 1.29 is 13.6 Å². The van der Waals surface area contributed by atoms with Gasteiger partial charge in [0.2, 0.25) is 0 Å². The molecule has 0 unspecified atom stereocenters. The van der Waals surface area contributed by atoms with E-state index in [1.54, 1.807) is 10.7 Å². The molecule has 1 aromatic carbocycles. The summed E-state index contributed by atoms with van der Waals surface area (Å²) in [6.07, 6.45) is 4.68. The van der Waals surface area contributed by atoms with Crippen LogP contribution >= 0.6 is 22.6 Å². The Morgan fingerprint density at radius 1 is 1.17 bits per heavy atom. The van der Waals surface area contributed by atoms with E-state index in [1.165, 1.54) is 25.7 Å². The maximum atomic E-state index is 13.2. The van der Waals surface area contributed by atoms with Gasteiger partial charge in [-0.1, -0.05) is 0 Å². The molecule has 2 aromatic rings. The molecule has 0 bridgehead atoms. The molecule has 30 heavy (non-hydrogen) atoms. The van der Waals surface area contributed by atoms with Gasteiger partial charge in [-0.25, -0.2) is 8.78 Å². The molecule has 1 amide bonds. The van der Waals surface area contributed by atoms with Crippen molar-refractivity contribution >= 4 is 40.0 Å². The quantitative estimate of drug-likeness (QED) is 0.543. The van der Waals surface area contributed by atoms with Gasteiger partial charge in [-0.15, -0.1) is 0 Å². The van der Waals surface area contributed by atoms with Crippen LogP contribution in [0.25, 0.3) is 0 Å². The number of hydrogen-bond donors (Lipinski definition) is 1. The molecule has 0 radical (unpaired) electrons. The van der Waals surface area contributed by atoms with Crippen molar-refractivity contribution in [3.05, 3.63) is 39.1 Å². The monoisotopic (exact) mass is 526 g/mol. The zero-order valence-corrected chi connectivity index (χ0v) is 19.1. The standard InChI is InChI=1S/C22H25F2IN4O/c1-14-10-19(27-29(14)16-12-22(23,24)13-16)26-20(30)17-3-2-15(25)11-18(17)28-8-6-21(4-5-21)7-9-28/h2-3,10-11,16H,4-9,12-13H2,1H3,(H,26,27,30). The van der Waals surface area contributed by atoms with Gasteiger partial charge in [0.25, 0.3) is 11.8 Å². The number of carbonyl (C=O) groups is 1. The van der Waals surface area contributed by atoms with E-state index in [0.29, 0.717) is 16.8 Å². The van der Waals surface area contributed by atoms with Gasteiger partial charge in [-0.05, 0) is 78.8 Å². The van der Waals surface area contributed by atoms with E-state index in [4.69, 9.17) is 0 Å². The van der Waals surface area contributed by atoms with E-state index in [1.807, 2.05) is 19.1 Å². The number of rotatable bonds is 4. The van der Waals surface area contributed by atoms with Crippen LogP contribution in [0, 0.1) is 15.9 Å². The van der Waals surface area contributed by atoms with Crippen LogP contribution in [0.15, 0.2) is 24.3 Å². The van der Waals surface area contributed by atoms with Crippen molar-refractivity contribution in [2.24, 2.45) is 5.41 Å². The van der Waals surface area contributed by atoms with E-state index in [-0.39, 0.29) is 24.8 Å². The molecule has 1 spiro atoms. The van der Waals surface area contributed by atoms with Gasteiger partial charge >= 0.3 is 0 Å². The highest BCUT2D eigenvalue weighted by atomic mass is 127. The molecular formula is C22H25F2IN4O. The Hall–Kier alpha value is -1.71. The van der Waals surface area contributed by atoms with Gasteiger partial charge in [0, 0.05) is 41.3 Å². The summed E-state index contributed by atoms with van der Waals surface area (Å²) in [6.45, 7) is 3.78. The number of aryl methyl sites for hydroxylation is 1. The van der Waals surface area contributed by atoms with Crippen molar-refractivity contribution in [1.29, 1.82) is 0 Å². The molecule has 2 saturated carbocycles. The topological polar surface area (TPSA) is 50.2 Å². The SMILES string of the molecule is Cc1cc(NC(=O)c2ccc(I)cc2N2CCC3(CC2)CC3)nn1C1CC(F)(F)C1. The molecule has 8 heteroatoms. The molecule has 1 N–H and O–H groups in total. The number of anilines is 2. The van der Waals surface area contributed by atoms with Crippen LogP contribution in [0.4, 0.5) is 20.3 Å². The Morgan fingerprint density at radius 3 is 2.50 bits per heavy atom. The maximum Gasteiger partial charge on any atom is 0.258 e. The normalized spacial score (nSPS) is 22.1. The summed E-state index contributed by atoms with van der Waals surface area (Å²) in [6, 6.07) is 7.32. The molecule has 2 heterocycles. The zero-order valence-electron chi connectivity index (χ0n) is 16.9. The Labute approximate surface area is 188 Å². The van der Waals surface area contributed by atoms with Gasteiger partial charge in [0.1, 0.15) is 0 Å². The van der Waals surface area contributed by atoms with Crippen LogP contribution in [0.1, 0.15) is 60.6 Å². The fourth-order valence-corrected chi connectivity index (χ4v) is 5.24. The second-order valence-electron chi connectivity index (χ2n) is 9.14. The number of aromatic nitrogens is 2.